The van der Waals surface area contributed by atoms with Gasteiger partial charge in [-0.15, -0.1) is 0 Å². The highest BCUT2D eigenvalue weighted by atomic mass is 16.5. The van der Waals surface area contributed by atoms with Crippen molar-refractivity contribution in [1.82, 2.24) is 19.9 Å². The van der Waals surface area contributed by atoms with Crippen LogP contribution in [0.1, 0.15) is 29.8 Å². The molecule has 2 aromatic rings. The van der Waals surface area contributed by atoms with Crippen molar-refractivity contribution in [3.05, 3.63) is 47.5 Å². The number of nitrogens with zero attached hydrogens (tertiary/aromatic N) is 4. The van der Waals surface area contributed by atoms with Crippen LogP contribution in [0.4, 0.5) is 0 Å². The molecule has 1 amide bonds. The summed E-state index contributed by atoms with van der Waals surface area (Å²) >= 11 is 0. The van der Waals surface area contributed by atoms with Gasteiger partial charge in [0, 0.05) is 30.3 Å². The fourth-order valence-electron chi connectivity index (χ4n) is 2.95. The molecule has 0 aromatic carbocycles. The second kappa shape index (κ2) is 7.38. The molecule has 1 saturated heterocycles. The van der Waals surface area contributed by atoms with E-state index in [0.29, 0.717) is 19.0 Å². The summed E-state index contributed by atoms with van der Waals surface area (Å²) in [6.45, 7) is 5.19. The zero-order chi connectivity index (χ0) is 16.9. The average Bonchev–Trinajstić information content (AvgIpc) is 2.55. The van der Waals surface area contributed by atoms with Crippen molar-refractivity contribution in [1.29, 1.82) is 0 Å². The minimum Gasteiger partial charge on any atom is -0.458 e. The molecule has 2 aromatic heterocycles. The Morgan fingerprint density at radius 3 is 2.83 bits per heavy atom. The third-order valence-electron chi connectivity index (χ3n) is 4.04. The van der Waals surface area contributed by atoms with Crippen molar-refractivity contribution in [2.75, 3.05) is 13.1 Å². The molecule has 1 atom stereocenters. The molecule has 1 aliphatic heterocycles. The molecule has 0 aliphatic carbocycles. The molecule has 1 fully saturated rings. The maximum absolute atomic E-state index is 12.5. The minimum absolute atomic E-state index is 0.0576. The van der Waals surface area contributed by atoms with Crippen LogP contribution in [0.25, 0.3) is 0 Å². The Kier molecular flexibility index (Phi) is 5.03. The van der Waals surface area contributed by atoms with Gasteiger partial charge in [0.25, 0.3) is 0 Å². The van der Waals surface area contributed by atoms with Crippen molar-refractivity contribution in [3.8, 4) is 6.01 Å². The summed E-state index contributed by atoms with van der Waals surface area (Å²) < 4.78 is 5.92. The first-order valence-electron chi connectivity index (χ1n) is 8.26. The molecule has 3 rings (SSSR count). The quantitative estimate of drug-likeness (QED) is 0.861. The number of hydrogen-bond acceptors (Lipinski definition) is 5. The van der Waals surface area contributed by atoms with Gasteiger partial charge in [0.15, 0.2) is 0 Å². The molecule has 0 N–H and O–H groups in total. The smallest absolute Gasteiger partial charge is 0.317 e. The summed E-state index contributed by atoms with van der Waals surface area (Å²) in [5, 5.41) is 0. The predicted molar refractivity (Wildman–Crippen MR) is 89.7 cm³/mol. The number of likely N-dealkylation sites (tertiary alicyclic amines) is 1. The van der Waals surface area contributed by atoms with E-state index in [4.69, 9.17) is 4.74 Å². The Hall–Kier alpha value is -2.50. The molecule has 1 aliphatic rings. The van der Waals surface area contributed by atoms with E-state index in [1.54, 1.807) is 12.4 Å². The first-order chi connectivity index (χ1) is 11.6. The molecule has 0 spiro atoms. The van der Waals surface area contributed by atoms with Crippen molar-refractivity contribution in [2.24, 2.45) is 0 Å². The molecule has 1 unspecified atom stereocenters. The monoisotopic (exact) mass is 326 g/mol. The van der Waals surface area contributed by atoms with E-state index in [-0.39, 0.29) is 12.0 Å². The van der Waals surface area contributed by atoms with Gasteiger partial charge in [-0.1, -0.05) is 6.07 Å². The Morgan fingerprint density at radius 1 is 1.33 bits per heavy atom. The number of pyridine rings is 1. The summed E-state index contributed by atoms with van der Waals surface area (Å²) in [6.07, 6.45) is 5.60. The number of piperidine rings is 1. The van der Waals surface area contributed by atoms with E-state index >= 15 is 0 Å². The van der Waals surface area contributed by atoms with Gasteiger partial charge in [-0.2, -0.15) is 0 Å². The topological polar surface area (TPSA) is 68.2 Å². The van der Waals surface area contributed by atoms with Crippen LogP contribution in [-0.2, 0) is 11.2 Å². The van der Waals surface area contributed by atoms with Crippen LogP contribution in [0, 0.1) is 13.8 Å². The number of ether oxygens (including phenoxy) is 1. The summed E-state index contributed by atoms with van der Waals surface area (Å²) in [4.78, 5) is 27.0. The van der Waals surface area contributed by atoms with E-state index in [9.17, 15) is 4.79 Å². The number of carbonyl (C=O) groups is 1. The molecule has 0 saturated carbocycles. The lowest BCUT2D eigenvalue weighted by Gasteiger charge is -2.32. The van der Waals surface area contributed by atoms with Gasteiger partial charge in [0.2, 0.25) is 5.91 Å². The SMILES string of the molecule is Cc1cc(C)nc(OC2CCCN(C(=O)Cc3cccnc3)C2)n1. The van der Waals surface area contributed by atoms with Gasteiger partial charge in [-0.25, -0.2) is 9.97 Å². The zero-order valence-electron chi connectivity index (χ0n) is 14.1. The van der Waals surface area contributed by atoms with Crippen LogP contribution in [0.15, 0.2) is 30.6 Å². The summed E-state index contributed by atoms with van der Waals surface area (Å²) in [6, 6.07) is 6.09. The van der Waals surface area contributed by atoms with Crippen LogP contribution in [0.3, 0.4) is 0 Å². The van der Waals surface area contributed by atoms with E-state index in [2.05, 4.69) is 15.0 Å². The molecule has 24 heavy (non-hydrogen) atoms. The number of carbonyl (C=O) groups excluding carboxylic acids is 1. The molecule has 6 nitrogen and oxygen atoms in total. The molecule has 0 bridgehead atoms. The lowest BCUT2D eigenvalue weighted by Crippen LogP contribution is -2.45. The fraction of sp³-hybridized carbons (Fsp3) is 0.444. The molecule has 3 heterocycles. The molecular formula is C18H22N4O2. The van der Waals surface area contributed by atoms with Gasteiger partial charge < -0.3 is 9.64 Å². The van der Waals surface area contributed by atoms with Crippen molar-refractivity contribution in [2.45, 2.75) is 39.2 Å². The Bertz CT molecular complexity index is 685. The van der Waals surface area contributed by atoms with Crippen molar-refractivity contribution in [3.63, 3.8) is 0 Å². The molecule has 6 heteroatoms. The first-order valence-corrected chi connectivity index (χ1v) is 8.26. The maximum atomic E-state index is 12.5. The lowest BCUT2D eigenvalue weighted by atomic mass is 10.1. The highest BCUT2D eigenvalue weighted by molar-refractivity contribution is 5.78. The first kappa shape index (κ1) is 16.4. The number of aromatic nitrogens is 3. The highest BCUT2D eigenvalue weighted by Crippen LogP contribution is 2.17. The van der Waals surface area contributed by atoms with Gasteiger partial charge in [-0.05, 0) is 44.4 Å². The number of rotatable bonds is 4. The van der Waals surface area contributed by atoms with E-state index in [1.807, 2.05) is 36.9 Å². The average molecular weight is 326 g/mol. The largest absolute Gasteiger partial charge is 0.458 e. The standard InChI is InChI=1S/C18H22N4O2/c1-13-9-14(2)21-18(20-13)24-16-6-4-8-22(12-16)17(23)10-15-5-3-7-19-11-15/h3,5,7,9,11,16H,4,6,8,10,12H2,1-2H3. The second-order valence-corrected chi connectivity index (χ2v) is 6.19. The van der Waals surface area contributed by atoms with Crippen LogP contribution in [-0.4, -0.2) is 45.0 Å². The van der Waals surface area contributed by atoms with Crippen molar-refractivity contribution < 1.29 is 9.53 Å². The lowest BCUT2D eigenvalue weighted by molar-refractivity contribution is -0.133. The molecule has 126 valence electrons. The maximum Gasteiger partial charge on any atom is 0.317 e. The van der Waals surface area contributed by atoms with Crippen LogP contribution >= 0.6 is 0 Å². The van der Waals surface area contributed by atoms with Gasteiger partial charge >= 0.3 is 6.01 Å². The summed E-state index contributed by atoms with van der Waals surface area (Å²) in [5.74, 6) is 0.109. The van der Waals surface area contributed by atoms with E-state index in [0.717, 1.165) is 36.3 Å². The van der Waals surface area contributed by atoms with E-state index < -0.39 is 0 Å². The Morgan fingerprint density at radius 2 is 2.12 bits per heavy atom. The van der Waals surface area contributed by atoms with Crippen LogP contribution in [0.5, 0.6) is 6.01 Å². The zero-order valence-corrected chi connectivity index (χ0v) is 14.1. The number of aryl methyl sites for hydroxylation is 2. The summed E-state index contributed by atoms with van der Waals surface area (Å²) in [7, 11) is 0. The Labute approximate surface area is 141 Å². The number of hydrogen-bond donors (Lipinski definition) is 0. The van der Waals surface area contributed by atoms with Crippen LogP contribution < -0.4 is 4.74 Å². The van der Waals surface area contributed by atoms with Gasteiger partial charge in [0.1, 0.15) is 6.10 Å². The van der Waals surface area contributed by atoms with Crippen molar-refractivity contribution >= 4 is 5.91 Å². The Balaban J connectivity index is 1.60. The molecular weight excluding hydrogens is 304 g/mol. The minimum atomic E-state index is -0.0576. The fourth-order valence-corrected chi connectivity index (χ4v) is 2.95. The summed E-state index contributed by atoms with van der Waals surface area (Å²) in [5.41, 5.74) is 2.71. The van der Waals surface area contributed by atoms with Gasteiger partial charge in [0.05, 0.1) is 13.0 Å². The third kappa shape index (κ3) is 4.28. The number of amides is 1. The molecule has 0 radical (unpaired) electrons. The van der Waals surface area contributed by atoms with Gasteiger partial charge in [-0.3, -0.25) is 9.78 Å². The highest BCUT2D eigenvalue weighted by Gasteiger charge is 2.25. The normalized spacial score (nSPS) is 17.6. The third-order valence-corrected chi connectivity index (χ3v) is 4.04. The second-order valence-electron chi connectivity index (χ2n) is 6.19. The van der Waals surface area contributed by atoms with E-state index in [1.165, 1.54) is 0 Å². The predicted octanol–water partition coefficient (Wildman–Crippen LogP) is 2.10. The van der Waals surface area contributed by atoms with Crippen LogP contribution in [0.2, 0.25) is 0 Å².